The predicted octanol–water partition coefficient (Wildman–Crippen LogP) is 3.45. The molecule has 0 N–H and O–H groups in total. The van der Waals surface area contributed by atoms with Crippen molar-refractivity contribution < 1.29 is 4.79 Å². The number of rotatable bonds is 5. The van der Waals surface area contributed by atoms with Crippen molar-refractivity contribution in [3.63, 3.8) is 0 Å². The average Bonchev–Trinajstić information content (AvgIpc) is 3.18. The molecular weight excluding hydrogens is 300 g/mol. The van der Waals surface area contributed by atoms with Gasteiger partial charge in [-0.1, -0.05) is 27.7 Å². The predicted molar refractivity (Wildman–Crippen MR) is 95.8 cm³/mol. The van der Waals surface area contributed by atoms with Crippen LogP contribution in [0.1, 0.15) is 52.3 Å². The van der Waals surface area contributed by atoms with E-state index in [0.717, 1.165) is 49.3 Å². The molecule has 1 fully saturated rings. The summed E-state index contributed by atoms with van der Waals surface area (Å²) in [5.74, 6) is 2.38. The zero-order valence-corrected chi connectivity index (χ0v) is 15.2. The maximum absolute atomic E-state index is 12.5. The average molecular weight is 328 g/mol. The fourth-order valence-corrected chi connectivity index (χ4v) is 3.51. The summed E-state index contributed by atoms with van der Waals surface area (Å²) in [6, 6.07) is 1.98. The van der Waals surface area contributed by atoms with E-state index in [0.29, 0.717) is 11.8 Å². The first-order valence-corrected chi connectivity index (χ1v) is 9.10. The summed E-state index contributed by atoms with van der Waals surface area (Å²) >= 11 is 0. The minimum absolute atomic E-state index is 0.113. The van der Waals surface area contributed by atoms with Gasteiger partial charge in [0.1, 0.15) is 5.82 Å². The summed E-state index contributed by atoms with van der Waals surface area (Å²) in [6.45, 7) is 11.1. The number of pyridine rings is 1. The van der Waals surface area contributed by atoms with E-state index in [9.17, 15) is 4.79 Å². The highest BCUT2D eigenvalue weighted by Crippen LogP contribution is 2.30. The van der Waals surface area contributed by atoms with Crippen LogP contribution in [-0.4, -0.2) is 38.4 Å². The van der Waals surface area contributed by atoms with Gasteiger partial charge >= 0.3 is 0 Å². The summed E-state index contributed by atoms with van der Waals surface area (Å²) in [5, 5.41) is 0. The molecule has 1 saturated heterocycles. The minimum atomic E-state index is 0.113. The van der Waals surface area contributed by atoms with Crippen molar-refractivity contribution in [2.24, 2.45) is 11.8 Å². The first-order valence-electron chi connectivity index (χ1n) is 9.10. The van der Waals surface area contributed by atoms with Crippen LogP contribution in [0.25, 0.3) is 11.0 Å². The molecule has 1 amide bonds. The van der Waals surface area contributed by atoms with Crippen LogP contribution in [0.3, 0.4) is 0 Å². The second-order valence-electron chi connectivity index (χ2n) is 7.42. The number of aromatic nitrogens is 3. The Bertz CT molecular complexity index is 721. The second-order valence-corrected chi connectivity index (χ2v) is 7.42. The first kappa shape index (κ1) is 16.9. The van der Waals surface area contributed by atoms with Crippen molar-refractivity contribution in [1.82, 2.24) is 19.4 Å². The molecule has 0 unspecified atom stereocenters. The molecule has 0 bridgehead atoms. The van der Waals surface area contributed by atoms with Crippen LogP contribution in [0.4, 0.5) is 0 Å². The van der Waals surface area contributed by atoms with E-state index in [1.807, 2.05) is 24.1 Å². The SMILES string of the molecule is CC[C@@H](C)C(=O)N1CC[C@@H](c2nc3ccncc3n2CC(C)C)C1. The molecule has 1 aliphatic heterocycles. The molecule has 5 heteroatoms. The number of carbonyl (C=O) groups excluding carboxylic acids is 1. The van der Waals surface area contributed by atoms with Crippen molar-refractivity contribution in [1.29, 1.82) is 0 Å². The van der Waals surface area contributed by atoms with Crippen molar-refractivity contribution in [3.8, 4) is 0 Å². The van der Waals surface area contributed by atoms with E-state index in [1.54, 1.807) is 6.20 Å². The zero-order valence-electron chi connectivity index (χ0n) is 15.2. The molecule has 3 heterocycles. The number of hydrogen-bond donors (Lipinski definition) is 0. The molecule has 5 nitrogen and oxygen atoms in total. The van der Waals surface area contributed by atoms with Gasteiger partial charge in [0.25, 0.3) is 0 Å². The number of fused-ring (bicyclic) bond motifs is 1. The highest BCUT2D eigenvalue weighted by Gasteiger charge is 2.32. The van der Waals surface area contributed by atoms with E-state index in [2.05, 4.69) is 30.3 Å². The Morgan fingerprint density at radius 2 is 2.17 bits per heavy atom. The van der Waals surface area contributed by atoms with Gasteiger partial charge < -0.3 is 9.47 Å². The third-order valence-electron chi connectivity index (χ3n) is 5.03. The Morgan fingerprint density at radius 1 is 1.38 bits per heavy atom. The smallest absolute Gasteiger partial charge is 0.225 e. The second kappa shape index (κ2) is 6.91. The van der Waals surface area contributed by atoms with E-state index >= 15 is 0 Å². The molecule has 0 spiro atoms. The number of amides is 1. The van der Waals surface area contributed by atoms with E-state index in [-0.39, 0.29) is 11.8 Å². The lowest BCUT2D eigenvalue weighted by Gasteiger charge is -2.20. The number of nitrogens with zero attached hydrogens (tertiary/aromatic N) is 4. The van der Waals surface area contributed by atoms with Crippen molar-refractivity contribution >= 4 is 16.9 Å². The van der Waals surface area contributed by atoms with Gasteiger partial charge in [-0.2, -0.15) is 0 Å². The summed E-state index contributed by atoms with van der Waals surface area (Å²) in [7, 11) is 0. The Labute approximate surface area is 144 Å². The molecular formula is C19H28N4O. The number of carbonyl (C=O) groups is 1. The van der Waals surface area contributed by atoms with Gasteiger partial charge in [0.05, 0.1) is 17.2 Å². The summed E-state index contributed by atoms with van der Waals surface area (Å²) < 4.78 is 2.31. The summed E-state index contributed by atoms with van der Waals surface area (Å²) in [4.78, 5) is 23.7. The van der Waals surface area contributed by atoms with Crippen LogP contribution < -0.4 is 0 Å². The van der Waals surface area contributed by atoms with E-state index < -0.39 is 0 Å². The van der Waals surface area contributed by atoms with E-state index in [1.165, 1.54) is 0 Å². The van der Waals surface area contributed by atoms with Gasteiger partial charge in [0, 0.05) is 37.7 Å². The maximum Gasteiger partial charge on any atom is 0.225 e. The molecule has 0 saturated carbocycles. The zero-order chi connectivity index (χ0) is 17.3. The highest BCUT2D eigenvalue weighted by molar-refractivity contribution is 5.79. The van der Waals surface area contributed by atoms with Gasteiger partial charge in [0.2, 0.25) is 5.91 Å². The van der Waals surface area contributed by atoms with Crippen LogP contribution in [0.2, 0.25) is 0 Å². The molecule has 2 aromatic rings. The Morgan fingerprint density at radius 3 is 2.88 bits per heavy atom. The van der Waals surface area contributed by atoms with Crippen molar-refractivity contribution in [2.75, 3.05) is 13.1 Å². The molecule has 2 aromatic heterocycles. The third kappa shape index (κ3) is 3.17. The van der Waals surface area contributed by atoms with Gasteiger partial charge in [0.15, 0.2) is 0 Å². The maximum atomic E-state index is 12.5. The Balaban J connectivity index is 1.88. The monoisotopic (exact) mass is 328 g/mol. The fraction of sp³-hybridized carbons (Fsp3) is 0.632. The fourth-order valence-electron chi connectivity index (χ4n) is 3.51. The summed E-state index contributed by atoms with van der Waals surface area (Å²) in [6.07, 6.45) is 5.60. The van der Waals surface area contributed by atoms with Crippen LogP contribution in [0.15, 0.2) is 18.5 Å². The van der Waals surface area contributed by atoms with Crippen molar-refractivity contribution in [3.05, 3.63) is 24.3 Å². The lowest BCUT2D eigenvalue weighted by molar-refractivity contribution is -0.134. The van der Waals surface area contributed by atoms with Gasteiger partial charge in [-0.05, 0) is 24.8 Å². The molecule has 0 aromatic carbocycles. The van der Waals surface area contributed by atoms with Gasteiger partial charge in [-0.25, -0.2) is 4.98 Å². The molecule has 1 aliphatic rings. The first-order chi connectivity index (χ1) is 11.5. The largest absolute Gasteiger partial charge is 0.342 e. The number of imidazole rings is 1. The summed E-state index contributed by atoms with van der Waals surface area (Å²) in [5.41, 5.74) is 2.11. The van der Waals surface area contributed by atoms with Crippen molar-refractivity contribution in [2.45, 2.75) is 53.0 Å². The molecule has 0 radical (unpaired) electrons. The Kier molecular flexibility index (Phi) is 4.88. The standard InChI is InChI=1S/C19H28N4O/c1-5-14(4)19(24)22-9-7-15(12-22)18-21-16-6-8-20-10-17(16)23(18)11-13(2)3/h6,8,10,13-15H,5,7,9,11-12H2,1-4H3/t14-,15-/m1/s1. The quantitative estimate of drug-likeness (QED) is 0.845. The molecule has 3 rings (SSSR count). The third-order valence-corrected chi connectivity index (χ3v) is 5.03. The van der Waals surface area contributed by atoms with Crippen LogP contribution in [0.5, 0.6) is 0 Å². The Hall–Kier alpha value is -1.91. The lowest BCUT2D eigenvalue weighted by Crippen LogP contribution is -2.33. The molecule has 24 heavy (non-hydrogen) atoms. The molecule has 130 valence electrons. The molecule has 0 aliphatic carbocycles. The lowest BCUT2D eigenvalue weighted by atomic mass is 10.1. The van der Waals surface area contributed by atoms with E-state index in [4.69, 9.17) is 4.98 Å². The minimum Gasteiger partial charge on any atom is -0.342 e. The van der Waals surface area contributed by atoms with Crippen LogP contribution in [0, 0.1) is 11.8 Å². The van der Waals surface area contributed by atoms with Crippen LogP contribution in [-0.2, 0) is 11.3 Å². The number of likely N-dealkylation sites (tertiary alicyclic amines) is 1. The van der Waals surface area contributed by atoms with Crippen LogP contribution >= 0.6 is 0 Å². The molecule has 2 atom stereocenters. The number of hydrogen-bond acceptors (Lipinski definition) is 3. The highest BCUT2D eigenvalue weighted by atomic mass is 16.2. The van der Waals surface area contributed by atoms with Gasteiger partial charge in [-0.3, -0.25) is 9.78 Å². The topological polar surface area (TPSA) is 51.0 Å². The normalized spacial score (nSPS) is 19.4. The van der Waals surface area contributed by atoms with Gasteiger partial charge in [-0.15, -0.1) is 0 Å².